The molecule has 0 saturated carbocycles. The van der Waals surface area contributed by atoms with Crippen LogP contribution in [0.25, 0.3) is 32.2 Å². The standard InChI is InChI=1S/C24H23F3N4S.C2HF3O2/c25-24(26,27)17-6-7-19-20(12-17)30-23(29-19)22-9-8-21(32-22)16-4-1-3-15(11-16)14-31-10-2-5-18(31)13-28;3-2(4,5)1(6)7/h1,3-4,6-9,11-12,18H,2,5,10,13-14,28H2,(H,29,30);(H,6,7). The summed E-state index contributed by atoms with van der Waals surface area (Å²) in [6, 6.07) is 16.5. The minimum absolute atomic E-state index is 0.381. The molecular weight excluding hydrogens is 546 g/mol. The molecule has 1 atom stereocenters. The van der Waals surface area contributed by atoms with Crippen molar-refractivity contribution >= 4 is 28.3 Å². The molecule has 1 aliphatic heterocycles. The smallest absolute Gasteiger partial charge is 0.475 e. The van der Waals surface area contributed by atoms with Gasteiger partial charge in [-0.05, 0) is 66.9 Å². The predicted molar refractivity (Wildman–Crippen MR) is 136 cm³/mol. The van der Waals surface area contributed by atoms with Crippen LogP contribution >= 0.6 is 11.3 Å². The third-order valence-electron chi connectivity index (χ3n) is 6.26. The first-order chi connectivity index (χ1) is 18.3. The quantitative estimate of drug-likeness (QED) is 0.237. The molecule has 208 valence electrons. The van der Waals surface area contributed by atoms with E-state index < -0.39 is 23.9 Å². The van der Waals surface area contributed by atoms with Gasteiger partial charge in [0.05, 0.1) is 21.5 Å². The van der Waals surface area contributed by atoms with E-state index >= 15 is 0 Å². The third-order valence-corrected chi connectivity index (χ3v) is 7.40. The number of hydrogen-bond donors (Lipinski definition) is 3. The van der Waals surface area contributed by atoms with Gasteiger partial charge < -0.3 is 15.8 Å². The van der Waals surface area contributed by atoms with E-state index in [0.29, 0.717) is 29.4 Å². The number of aromatic nitrogens is 2. The molecule has 0 aliphatic carbocycles. The third kappa shape index (κ3) is 6.97. The van der Waals surface area contributed by atoms with Crippen molar-refractivity contribution in [2.45, 2.75) is 37.8 Å². The average Bonchev–Trinajstić information content (AvgIpc) is 3.62. The van der Waals surface area contributed by atoms with E-state index in [2.05, 4.69) is 39.1 Å². The van der Waals surface area contributed by atoms with Gasteiger partial charge in [0, 0.05) is 24.0 Å². The zero-order valence-corrected chi connectivity index (χ0v) is 21.1. The number of aliphatic carboxylic acids is 1. The molecule has 0 bridgehead atoms. The molecule has 39 heavy (non-hydrogen) atoms. The number of carbonyl (C=O) groups is 1. The second-order valence-electron chi connectivity index (χ2n) is 8.98. The van der Waals surface area contributed by atoms with Crippen LogP contribution in [-0.4, -0.2) is 51.3 Å². The molecule has 4 N–H and O–H groups in total. The Labute approximate surface area is 223 Å². The largest absolute Gasteiger partial charge is 0.490 e. The Bertz CT molecular complexity index is 1450. The number of nitrogens with zero attached hydrogens (tertiary/aromatic N) is 2. The summed E-state index contributed by atoms with van der Waals surface area (Å²) in [5.74, 6) is -2.18. The van der Waals surface area contributed by atoms with Crippen LogP contribution in [0.15, 0.2) is 54.6 Å². The Morgan fingerprint density at radius 3 is 2.46 bits per heavy atom. The number of thiophene rings is 1. The van der Waals surface area contributed by atoms with Gasteiger partial charge in [-0.3, -0.25) is 4.90 Å². The second-order valence-corrected chi connectivity index (χ2v) is 10.1. The van der Waals surface area contributed by atoms with E-state index in [4.69, 9.17) is 15.6 Å². The molecular formula is C26H24F6N4O2S. The average molecular weight is 571 g/mol. The Kier molecular flexibility index (Phi) is 8.33. The fourth-order valence-electron chi connectivity index (χ4n) is 4.35. The van der Waals surface area contributed by atoms with Crippen molar-refractivity contribution in [2.75, 3.05) is 13.1 Å². The predicted octanol–water partition coefficient (Wildman–Crippen LogP) is 6.53. The minimum atomic E-state index is -5.08. The van der Waals surface area contributed by atoms with Crippen molar-refractivity contribution in [1.29, 1.82) is 0 Å². The second kappa shape index (κ2) is 11.4. The summed E-state index contributed by atoms with van der Waals surface area (Å²) in [5.41, 5.74) is 8.50. The van der Waals surface area contributed by atoms with Gasteiger partial charge >= 0.3 is 18.3 Å². The van der Waals surface area contributed by atoms with Crippen molar-refractivity contribution in [1.82, 2.24) is 14.9 Å². The lowest BCUT2D eigenvalue weighted by Gasteiger charge is -2.23. The molecule has 1 fully saturated rings. The number of hydrogen-bond acceptors (Lipinski definition) is 5. The monoisotopic (exact) mass is 570 g/mol. The molecule has 0 spiro atoms. The maximum absolute atomic E-state index is 13.0. The maximum atomic E-state index is 13.0. The summed E-state index contributed by atoms with van der Waals surface area (Å²) in [6.45, 7) is 2.66. The number of fused-ring (bicyclic) bond motifs is 1. The number of alkyl halides is 6. The van der Waals surface area contributed by atoms with Crippen molar-refractivity contribution in [2.24, 2.45) is 5.73 Å². The van der Waals surface area contributed by atoms with Crippen molar-refractivity contribution in [3.63, 3.8) is 0 Å². The number of benzene rings is 2. The molecule has 2 aromatic heterocycles. The van der Waals surface area contributed by atoms with Gasteiger partial charge in [0.2, 0.25) is 0 Å². The number of imidazole rings is 1. The molecule has 1 saturated heterocycles. The molecule has 1 unspecified atom stereocenters. The number of nitrogens with one attached hydrogen (secondary N) is 1. The van der Waals surface area contributed by atoms with Gasteiger partial charge in [-0.1, -0.05) is 18.2 Å². The molecule has 0 amide bonds. The summed E-state index contributed by atoms with van der Waals surface area (Å²) in [5, 5.41) is 7.12. The first kappa shape index (κ1) is 28.6. The highest BCUT2D eigenvalue weighted by molar-refractivity contribution is 7.18. The number of nitrogens with two attached hydrogens (primary N) is 1. The fourth-order valence-corrected chi connectivity index (χ4v) is 5.30. The van der Waals surface area contributed by atoms with E-state index in [0.717, 1.165) is 47.0 Å². The van der Waals surface area contributed by atoms with Crippen LogP contribution in [0.4, 0.5) is 26.3 Å². The van der Waals surface area contributed by atoms with Crippen LogP contribution in [-0.2, 0) is 17.5 Å². The van der Waals surface area contributed by atoms with Crippen LogP contribution in [0.5, 0.6) is 0 Å². The number of H-pyrrole nitrogens is 1. The SMILES string of the molecule is NCC1CCCN1Cc1cccc(-c2ccc(-c3nc4ccc(C(F)(F)F)cc4[nH]3)s2)c1.O=C(O)C(F)(F)F. The number of carboxylic acids is 1. The van der Waals surface area contributed by atoms with Gasteiger partial charge in [0.25, 0.3) is 0 Å². The lowest BCUT2D eigenvalue weighted by atomic mass is 10.1. The topological polar surface area (TPSA) is 95.2 Å². The number of likely N-dealkylation sites (tertiary alicyclic amines) is 1. The Morgan fingerprint density at radius 1 is 1.08 bits per heavy atom. The number of carboxylic acid groups (broad SMARTS) is 1. The first-order valence-corrected chi connectivity index (χ1v) is 12.7. The van der Waals surface area contributed by atoms with E-state index in [1.54, 1.807) is 11.3 Å². The maximum Gasteiger partial charge on any atom is 0.490 e. The summed E-state index contributed by atoms with van der Waals surface area (Å²) in [4.78, 5) is 20.8. The lowest BCUT2D eigenvalue weighted by Crippen LogP contribution is -2.34. The molecule has 0 radical (unpaired) electrons. The Balaban J connectivity index is 0.000000448. The summed E-state index contributed by atoms with van der Waals surface area (Å²) in [6.07, 6.45) is -7.11. The van der Waals surface area contributed by atoms with E-state index in [-0.39, 0.29) is 0 Å². The van der Waals surface area contributed by atoms with Gasteiger partial charge in [-0.2, -0.15) is 26.3 Å². The number of aromatic amines is 1. The minimum Gasteiger partial charge on any atom is -0.475 e. The molecule has 3 heterocycles. The van der Waals surface area contributed by atoms with Crippen LogP contribution in [0.2, 0.25) is 0 Å². The highest BCUT2D eigenvalue weighted by Gasteiger charge is 2.38. The van der Waals surface area contributed by atoms with Crippen molar-refractivity contribution in [3.05, 3.63) is 65.7 Å². The van der Waals surface area contributed by atoms with Crippen molar-refractivity contribution in [3.8, 4) is 21.1 Å². The fraction of sp³-hybridized carbons (Fsp3) is 0.308. The van der Waals surface area contributed by atoms with E-state index in [9.17, 15) is 26.3 Å². The van der Waals surface area contributed by atoms with Crippen LogP contribution in [0, 0.1) is 0 Å². The number of halogens is 6. The highest BCUT2D eigenvalue weighted by atomic mass is 32.1. The normalized spacial score (nSPS) is 16.3. The zero-order chi connectivity index (χ0) is 28.4. The van der Waals surface area contributed by atoms with E-state index in [1.807, 2.05) is 12.1 Å². The van der Waals surface area contributed by atoms with Gasteiger partial charge in [0.1, 0.15) is 5.82 Å². The summed E-state index contributed by atoms with van der Waals surface area (Å²) < 4.78 is 70.7. The molecule has 5 rings (SSSR count). The van der Waals surface area contributed by atoms with Gasteiger partial charge in [-0.25, -0.2) is 9.78 Å². The number of rotatable bonds is 5. The lowest BCUT2D eigenvalue weighted by molar-refractivity contribution is -0.192. The van der Waals surface area contributed by atoms with E-state index in [1.165, 1.54) is 18.1 Å². The van der Waals surface area contributed by atoms with Crippen molar-refractivity contribution < 1.29 is 36.2 Å². The van der Waals surface area contributed by atoms with Crippen LogP contribution in [0.1, 0.15) is 24.0 Å². The Hall–Kier alpha value is -3.42. The molecule has 4 aromatic rings. The Morgan fingerprint density at radius 2 is 1.79 bits per heavy atom. The molecule has 6 nitrogen and oxygen atoms in total. The van der Waals surface area contributed by atoms with Crippen LogP contribution in [0.3, 0.4) is 0 Å². The summed E-state index contributed by atoms with van der Waals surface area (Å²) >= 11 is 1.57. The first-order valence-electron chi connectivity index (χ1n) is 11.9. The van der Waals surface area contributed by atoms with Gasteiger partial charge in [-0.15, -0.1) is 11.3 Å². The van der Waals surface area contributed by atoms with Gasteiger partial charge in [0.15, 0.2) is 0 Å². The molecule has 2 aromatic carbocycles. The van der Waals surface area contributed by atoms with Crippen LogP contribution < -0.4 is 5.73 Å². The highest BCUT2D eigenvalue weighted by Crippen LogP contribution is 2.36. The molecule has 13 heteroatoms. The summed E-state index contributed by atoms with van der Waals surface area (Å²) in [7, 11) is 0. The zero-order valence-electron chi connectivity index (χ0n) is 20.3. The molecule has 1 aliphatic rings.